The average Bonchev–Trinajstić information content (AvgIpc) is 3.51. The third kappa shape index (κ3) is 5.18. The molecule has 1 N–H and O–H groups in total. The SMILES string of the molecule is CCOC(=O)C[C@H]1C(=O)NCCN1c1nc2ccccn2c(=O)c1/C=C1/SC(=S)N(C[C@H]2CCCO2)C1=O. The number of ether oxygens (including phenoxy) is 2. The third-order valence-corrected chi connectivity index (χ3v) is 7.95. The van der Waals surface area contributed by atoms with E-state index in [2.05, 4.69) is 5.32 Å². The monoisotopic (exact) mass is 557 g/mol. The summed E-state index contributed by atoms with van der Waals surface area (Å²) in [5.41, 5.74) is 0.0992. The quantitative estimate of drug-likeness (QED) is 0.303. The largest absolute Gasteiger partial charge is 0.466 e. The van der Waals surface area contributed by atoms with Gasteiger partial charge in [-0.15, -0.1) is 0 Å². The van der Waals surface area contributed by atoms with Gasteiger partial charge in [0.05, 0.1) is 36.1 Å². The second-order valence-electron chi connectivity index (χ2n) is 9.02. The fraction of sp³-hybridized carbons (Fsp3) is 0.440. The van der Waals surface area contributed by atoms with E-state index in [4.69, 9.17) is 26.7 Å². The van der Waals surface area contributed by atoms with Crippen molar-refractivity contribution in [3.8, 4) is 0 Å². The summed E-state index contributed by atoms with van der Waals surface area (Å²) < 4.78 is 12.5. The van der Waals surface area contributed by atoms with Gasteiger partial charge < -0.3 is 19.7 Å². The van der Waals surface area contributed by atoms with Crippen LogP contribution in [-0.4, -0.2) is 81.4 Å². The van der Waals surface area contributed by atoms with E-state index < -0.39 is 17.6 Å². The number of carbonyl (C=O) groups is 3. The van der Waals surface area contributed by atoms with Crippen molar-refractivity contribution in [3.05, 3.63) is 45.2 Å². The molecule has 2 aromatic rings. The van der Waals surface area contributed by atoms with E-state index in [9.17, 15) is 19.2 Å². The number of pyridine rings is 1. The van der Waals surface area contributed by atoms with E-state index in [1.807, 2.05) is 0 Å². The Morgan fingerprint density at radius 1 is 1.34 bits per heavy atom. The van der Waals surface area contributed by atoms with Crippen molar-refractivity contribution in [2.75, 3.05) is 37.7 Å². The lowest BCUT2D eigenvalue weighted by Gasteiger charge is -2.36. The molecule has 3 aliphatic rings. The lowest BCUT2D eigenvalue weighted by molar-refractivity contribution is -0.145. The molecule has 0 spiro atoms. The molecule has 5 heterocycles. The Balaban J connectivity index is 1.57. The minimum absolute atomic E-state index is 0.0733. The maximum atomic E-state index is 13.7. The van der Waals surface area contributed by atoms with Crippen LogP contribution in [0.25, 0.3) is 11.7 Å². The molecule has 2 amide bonds. The molecule has 3 fully saturated rings. The van der Waals surface area contributed by atoms with Gasteiger partial charge in [-0.1, -0.05) is 30.0 Å². The number of thioether (sulfide) groups is 1. The highest BCUT2D eigenvalue weighted by Gasteiger charge is 2.37. The fourth-order valence-corrected chi connectivity index (χ4v) is 6.02. The highest BCUT2D eigenvalue weighted by atomic mass is 32.2. The molecule has 0 bridgehead atoms. The minimum Gasteiger partial charge on any atom is -0.466 e. The molecule has 2 atom stereocenters. The summed E-state index contributed by atoms with van der Waals surface area (Å²) in [5, 5.41) is 2.77. The van der Waals surface area contributed by atoms with E-state index in [-0.39, 0.29) is 47.2 Å². The van der Waals surface area contributed by atoms with E-state index in [1.165, 1.54) is 15.4 Å². The number of aromatic nitrogens is 2. The number of fused-ring (bicyclic) bond motifs is 1. The molecule has 11 nitrogen and oxygen atoms in total. The number of piperazine rings is 1. The van der Waals surface area contributed by atoms with Gasteiger partial charge in [-0.05, 0) is 38.0 Å². The molecule has 13 heteroatoms. The maximum absolute atomic E-state index is 13.7. The minimum atomic E-state index is -0.929. The third-order valence-electron chi connectivity index (χ3n) is 6.58. The van der Waals surface area contributed by atoms with E-state index in [1.54, 1.807) is 36.2 Å². The Morgan fingerprint density at radius 3 is 2.95 bits per heavy atom. The molecule has 2 aromatic heterocycles. The Morgan fingerprint density at radius 2 is 2.18 bits per heavy atom. The van der Waals surface area contributed by atoms with Crippen molar-refractivity contribution < 1.29 is 23.9 Å². The van der Waals surface area contributed by atoms with Crippen molar-refractivity contribution >= 4 is 63.6 Å². The van der Waals surface area contributed by atoms with Crippen molar-refractivity contribution in [3.63, 3.8) is 0 Å². The average molecular weight is 558 g/mol. The number of hydrogen-bond donors (Lipinski definition) is 1. The van der Waals surface area contributed by atoms with Crippen LogP contribution in [0.2, 0.25) is 0 Å². The van der Waals surface area contributed by atoms with Crippen LogP contribution in [0.1, 0.15) is 31.7 Å². The molecular formula is C25H27N5O6S2. The number of nitrogens with zero attached hydrogens (tertiary/aromatic N) is 4. The molecule has 38 heavy (non-hydrogen) atoms. The number of hydrogen-bond acceptors (Lipinski definition) is 10. The molecular weight excluding hydrogens is 530 g/mol. The lowest BCUT2D eigenvalue weighted by Crippen LogP contribution is -2.57. The first-order chi connectivity index (χ1) is 18.4. The first-order valence-corrected chi connectivity index (χ1v) is 13.7. The number of thiocarbonyl (C=S) groups is 1. The highest BCUT2D eigenvalue weighted by Crippen LogP contribution is 2.35. The van der Waals surface area contributed by atoms with Crippen LogP contribution < -0.4 is 15.8 Å². The standard InChI is InChI=1S/C25H27N5O6S2/c1-2-35-20(31)13-17-22(32)26-8-10-28(17)21-16(23(33)29-9-4-3-7-19(29)27-21)12-18-24(34)30(25(37)38-18)14-15-6-5-11-36-15/h3-4,7,9,12,15,17H,2,5-6,8,10-11,13-14H2,1H3,(H,26,32)/b18-12+/t15-,17+/m1/s1. The second kappa shape index (κ2) is 11.2. The summed E-state index contributed by atoms with van der Waals surface area (Å²) in [6, 6.07) is 4.21. The van der Waals surface area contributed by atoms with Gasteiger partial charge in [-0.3, -0.25) is 28.5 Å². The molecule has 200 valence electrons. The second-order valence-corrected chi connectivity index (χ2v) is 10.7. The van der Waals surface area contributed by atoms with E-state index >= 15 is 0 Å². The summed E-state index contributed by atoms with van der Waals surface area (Å²) in [7, 11) is 0. The van der Waals surface area contributed by atoms with Crippen molar-refractivity contribution in [1.82, 2.24) is 19.6 Å². The van der Waals surface area contributed by atoms with Gasteiger partial charge >= 0.3 is 5.97 Å². The smallest absolute Gasteiger partial charge is 0.308 e. The van der Waals surface area contributed by atoms with Crippen molar-refractivity contribution in [1.29, 1.82) is 0 Å². The summed E-state index contributed by atoms with van der Waals surface area (Å²) in [6.07, 6.45) is 4.60. The normalized spacial score (nSPS) is 23.0. The van der Waals surface area contributed by atoms with E-state index in [0.29, 0.717) is 36.2 Å². The maximum Gasteiger partial charge on any atom is 0.308 e. The molecule has 0 aromatic carbocycles. The van der Waals surface area contributed by atoms with Gasteiger partial charge in [0.2, 0.25) is 5.91 Å². The summed E-state index contributed by atoms with van der Waals surface area (Å²) in [4.78, 5) is 60.4. The molecule has 3 aliphatic heterocycles. The molecule has 0 unspecified atom stereocenters. The van der Waals surface area contributed by atoms with Crippen LogP contribution in [0.5, 0.6) is 0 Å². The molecule has 0 radical (unpaired) electrons. The topological polar surface area (TPSA) is 123 Å². The molecule has 0 saturated carbocycles. The van der Waals surface area contributed by atoms with Gasteiger partial charge in [0.1, 0.15) is 21.8 Å². The van der Waals surface area contributed by atoms with Crippen LogP contribution >= 0.6 is 24.0 Å². The zero-order chi connectivity index (χ0) is 26.8. The summed E-state index contributed by atoms with van der Waals surface area (Å²) in [5.74, 6) is -0.991. The highest BCUT2D eigenvalue weighted by molar-refractivity contribution is 8.26. The van der Waals surface area contributed by atoms with Gasteiger partial charge in [-0.2, -0.15) is 0 Å². The predicted molar refractivity (Wildman–Crippen MR) is 146 cm³/mol. The van der Waals surface area contributed by atoms with E-state index in [0.717, 1.165) is 24.6 Å². The number of carbonyl (C=O) groups excluding carboxylic acids is 3. The molecule has 5 rings (SSSR count). The summed E-state index contributed by atoms with van der Waals surface area (Å²) in [6.45, 7) is 3.51. The number of esters is 1. The van der Waals surface area contributed by atoms with Gasteiger partial charge in [-0.25, -0.2) is 4.98 Å². The number of nitrogens with one attached hydrogen (secondary N) is 1. The van der Waals surface area contributed by atoms with Crippen LogP contribution in [0.3, 0.4) is 0 Å². The number of amides is 2. The van der Waals surface area contributed by atoms with Crippen LogP contribution in [0.15, 0.2) is 34.1 Å². The Labute approximate surface area is 228 Å². The van der Waals surface area contributed by atoms with Gasteiger partial charge in [0, 0.05) is 25.9 Å². The Kier molecular flexibility index (Phi) is 7.77. The fourth-order valence-electron chi connectivity index (χ4n) is 4.77. The lowest BCUT2D eigenvalue weighted by atomic mass is 10.1. The predicted octanol–water partition coefficient (Wildman–Crippen LogP) is 1.33. The molecule has 3 saturated heterocycles. The Hall–Kier alpha value is -3.29. The molecule has 0 aliphatic carbocycles. The first kappa shape index (κ1) is 26.3. The van der Waals surface area contributed by atoms with Crippen LogP contribution in [0.4, 0.5) is 5.82 Å². The first-order valence-electron chi connectivity index (χ1n) is 12.5. The van der Waals surface area contributed by atoms with Crippen molar-refractivity contribution in [2.45, 2.75) is 38.3 Å². The van der Waals surface area contributed by atoms with Crippen LogP contribution in [-0.2, 0) is 23.9 Å². The van der Waals surface area contributed by atoms with Gasteiger partial charge in [0.15, 0.2) is 0 Å². The zero-order valence-electron chi connectivity index (χ0n) is 20.8. The van der Waals surface area contributed by atoms with Crippen LogP contribution in [0, 0.1) is 0 Å². The van der Waals surface area contributed by atoms with Crippen molar-refractivity contribution in [2.24, 2.45) is 0 Å². The summed E-state index contributed by atoms with van der Waals surface area (Å²) >= 11 is 6.59. The number of rotatable bonds is 7. The van der Waals surface area contributed by atoms with Gasteiger partial charge in [0.25, 0.3) is 11.5 Å². The zero-order valence-corrected chi connectivity index (χ0v) is 22.4. The Bertz CT molecular complexity index is 1390. The number of anilines is 1.